The molecule has 5 heteroatoms. The molecule has 30 heavy (non-hydrogen) atoms. The summed E-state index contributed by atoms with van der Waals surface area (Å²) in [6, 6.07) is 18.6. The van der Waals surface area contributed by atoms with E-state index in [1.54, 1.807) is 6.20 Å². The van der Waals surface area contributed by atoms with Crippen LogP contribution < -0.4 is 4.90 Å². The molecular formula is C25H24ClN3O. The molecular weight excluding hydrogens is 394 g/mol. The lowest BCUT2D eigenvalue weighted by Crippen LogP contribution is -2.46. The number of pyridine rings is 1. The Kier molecular flexibility index (Phi) is 6.57. The van der Waals surface area contributed by atoms with Crippen LogP contribution in [0.3, 0.4) is 0 Å². The van der Waals surface area contributed by atoms with Gasteiger partial charge in [-0.15, -0.1) is 0 Å². The number of benzene rings is 2. The monoisotopic (exact) mass is 417 g/mol. The van der Waals surface area contributed by atoms with Crippen LogP contribution in [0.5, 0.6) is 0 Å². The Hall–Kier alpha value is -2.95. The number of hydrogen-bond acceptors (Lipinski definition) is 4. The molecule has 2 aromatic carbocycles. The van der Waals surface area contributed by atoms with Crippen molar-refractivity contribution < 1.29 is 4.79 Å². The third-order valence-electron chi connectivity index (χ3n) is 5.35. The van der Waals surface area contributed by atoms with Crippen molar-refractivity contribution in [2.75, 3.05) is 37.6 Å². The van der Waals surface area contributed by atoms with Crippen LogP contribution in [0.2, 0.25) is 5.02 Å². The van der Waals surface area contributed by atoms with Crippen molar-refractivity contribution in [1.29, 1.82) is 0 Å². The second kappa shape index (κ2) is 9.70. The second-order valence-corrected chi connectivity index (χ2v) is 7.83. The average molecular weight is 418 g/mol. The molecule has 0 unspecified atom stereocenters. The van der Waals surface area contributed by atoms with Gasteiger partial charge in [-0.1, -0.05) is 42.0 Å². The number of hydrogen-bond donors (Lipinski definition) is 0. The molecule has 1 fully saturated rings. The van der Waals surface area contributed by atoms with Crippen molar-refractivity contribution in [2.24, 2.45) is 0 Å². The standard InChI is InChI=1S/C25H24ClN3O/c26-24-17-21(16-23(18-24)22-2-1-9-27-19-22)4-3-20-5-7-25(8-6-20)29-12-10-28(11-13-29)14-15-30/h1-9,15-19H,10-14H2/b4-3+. The number of aromatic nitrogens is 1. The van der Waals surface area contributed by atoms with E-state index in [9.17, 15) is 4.79 Å². The molecule has 0 N–H and O–H groups in total. The maximum Gasteiger partial charge on any atom is 0.133 e. The third kappa shape index (κ3) is 5.15. The van der Waals surface area contributed by atoms with E-state index < -0.39 is 0 Å². The number of rotatable bonds is 6. The highest BCUT2D eigenvalue weighted by atomic mass is 35.5. The number of carbonyl (C=O) groups excluding carboxylic acids is 1. The summed E-state index contributed by atoms with van der Waals surface area (Å²) in [7, 11) is 0. The van der Waals surface area contributed by atoms with Gasteiger partial charge in [-0.25, -0.2) is 0 Å². The molecule has 4 nitrogen and oxygen atoms in total. The van der Waals surface area contributed by atoms with Gasteiger partial charge in [0.25, 0.3) is 0 Å². The maximum absolute atomic E-state index is 10.7. The van der Waals surface area contributed by atoms with Gasteiger partial charge >= 0.3 is 0 Å². The van der Waals surface area contributed by atoms with Crippen molar-refractivity contribution in [1.82, 2.24) is 9.88 Å². The van der Waals surface area contributed by atoms with Gasteiger partial charge in [0.15, 0.2) is 0 Å². The topological polar surface area (TPSA) is 36.4 Å². The lowest BCUT2D eigenvalue weighted by molar-refractivity contribution is -0.108. The third-order valence-corrected chi connectivity index (χ3v) is 5.56. The molecule has 0 radical (unpaired) electrons. The van der Waals surface area contributed by atoms with E-state index in [0.717, 1.165) is 54.7 Å². The summed E-state index contributed by atoms with van der Waals surface area (Å²) >= 11 is 6.34. The van der Waals surface area contributed by atoms with Crippen LogP contribution in [-0.2, 0) is 4.79 Å². The number of aldehydes is 1. The van der Waals surface area contributed by atoms with Crippen molar-refractivity contribution in [2.45, 2.75) is 0 Å². The predicted octanol–water partition coefficient (Wildman–Crippen LogP) is 4.89. The number of nitrogens with zero attached hydrogens (tertiary/aromatic N) is 3. The van der Waals surface area contributed by atoms with E-state index in [1.807, 2.05) is 30.5 Å². The molecule has 1 aromatic heterocycles. The van der Waals surface area contributed by atoms with Crippen molar-refractivity contribution in [3.05, 3.63) is 83.1 Å². The van der Waals surface area contributed by atoms with E-state index >= 15 is 0 Å². The minimum atomic E-state index is 0.531. The van der Waals surface area contributed by atoms with E-state index in [1.165, 1.54) is 5.69 Å². The first-order chi connectivity index (χ1) is 14.7. The molecule has 2 heterocycles. The summed E-state index contributed by atoms with van der Waals surface area (Å²) < 4.78 is 0. The van der Waals surface area contributed by atoms with Gasteiger partial charge in [0.2, 0.25) is 0 Å². The van der Waals surface area contributed by atoms with Gasteiger partial charge in [0.05, 0.1) is 6.54 Å². The molecule has 0 amide bonds. The summed E-state index contributed by atoms with van der Waals surface area (Å²) in [4.78, 5) is 19.4. The molecule has 0 bridgehead atoms. The molecule has 1 aliphatic rings. The SMILES string of the molecule is O=CCN1CCN(c2ccc(/C=C/c3cc(Cl)cc(-c4cccnc4)c3)cc2)CC1. The van der Waals surface area contributed by atoms with Crippen LogP contribution in [0.15, 0.2) is 67.0 Å². The van der Waals surface area contributed by atoms with Crippen LogP contribution in [0, 0.1) is 0 Å². The fraction of sp³-hybridized carbons (Fsp3) is 0.200. The summed E-state index contributed by atoms with van der Waals surface area (Å²) in [6.07, 6.45) is 8.78. The number of anilines is 1. The molecule has 0 aliphatic carbocycles. The van der Waals surface area contributed by atoms with Crippen molar-refractivity contribution >= 4 is 35.7 Å². The van der Waals surface area contributed by atoms with Gasteiger partial charge in [-0.05, 0) is 53.1 Å². The van der Waals surface area contributed by atoms with E-state index in [2.05, 4.69) is 57.3 Å². The molecule has 1 saturated heterocycles. The van der Waals surface area contributed by atoms with Crippen LogP contribution in [0.1, 0.15) is 11.1 Å². The Morgan fingerprint density at radius 1 is 0.900 bits per heavy atom. The van der Waals surface area contributed by atoms with Crippen LogP contribution in [-0.4, -0.2) is 48.9 Å². The zero-order valence-corrected chi connectivity index (χ0v) is 17.5. The van der Waals surface area contributed by atoms with Gasteiger partial charge in [0, 0.05) is 54.8 Å². The van der Waals surface area contributed by atoms with Crippen LogP contribution in [0.4, 0.5) is 5.69 Å². The summed E-state index contributed by atoms with van der Waals surface area (Å²) in [5, 5.41) is 0.708. The highest BCUT2D eigenvalue weighted by molar-refractivity contribution is 6.31. The predicted molar refractivity (Wildman–Crippen MR) is 125 cm³/mol. The maximum atomic E-state index is 10.7. The van der Waals surface area contributed by atoms with Crippen molar-refractivity contribution in [3.63, 3.8) is 0 Å². The Labute approximate surface area is 182 Å². The molecule has 0 atom stereocenters. The molecule has 1 aliphatic heterocycles. The molecule has 4 rings (SSSR count). The Balaban J connectivity index is 1.44. The van der Waals surface area contributed by atoms with Gasteiger partial charge in [-0.3, -0.25) is 9.88 Å². The largest absolute Gasteiger partial charge is 0.369 e. The van der Waals surface area contributed by atoms with Gasteiger partial charge in [-0.2, -0.15) is 0 Å². The first-order valence-corrected chi connectivity index (χ1v) is 10.5. The first-order valence-electron chi connectivity index (χ1n) is 10.1. The number of piperazine rings is 1. The Morgan fingerprint density at radius 3 is 2.37 bits per heavy atom. The summed E-state index contributed by atoms with van der Waals surface area (Å²) in [5.41, 5.74) is 5.52. The molecule has 0 saturated carbocycles. The summed E-state index contributed by atoms with van der Waals surface area (Å²) in [6.45, 7) is 4.28. The minimum absolute atomic E-state index is 0.531. The van der Waals surface area contributed by atoms with Crippen LogP contribution >= 0.6 is 11.6 Å². The molecule has 0 spiro atoms. The van der Waals surface area contributed by atoms with Gasteiger partial charge in [0.1, 0.15) is 6.29 Å². The molecule has 3 aromatic rings. The van der Waals surface area contributed by atoms with E-state index in [-0.39, 0.29) is 0 Å². The fourth-order valence-corrected chi connectivity index (χ4v) is 3.94. The van der Waals surface area contributed by atoms with E-state index in [4.69, 9.17) is 11.6 Å². The Bertz CT molecular complexity index is 1010. The van der Waals surface area contributed by atoms with Crippen molar-refractivity contribution in [3.8, 4) is 11.1 Å². The second-order valence-electron chi connectivity index (χ2n) is 7.39. The zero-order valence-electron chi connectivity index (χ0n) is 16.7. The lowest BCUT2D eigenvalue weighted by Gasteiger charge is -2.35. The number of halogens is 1. The van der Waals surface area contributed by atoms with Crippen LogP contribution in [0.25, 0.3) is 23.3 Å². The zero-order chi connectivity index (χ0) is 20.8. The smallest absolute Gasteiger partial charge is 0.133 e. The molecule has 152 valence electrons. The first kappa shape index (κ1) is 20.3. The highest BCUT2D eigenvalue weighted by Gasteiger charge is 2.16. The highest BCUT2D eigenvalue weighted by Crippen LogP contribution is 2.25. The Morgan fingerprint density at radius 2 is 1.67 bits per heavy atom. The normalized spacial score (nSPS) is 14.9. The summed E-state index contributed by atoms with van der Waals surface area (Å²) in [5.74, 6) is 0. The van der Waals surface area contributed by atoms with Gasteiger partial charge < -0.3 is 9.69 Å². The average Bonchev–Trinajstić information content (AvgIpc) is 2.79. The lowest BCUT2D eigenvalue weighted by atomic mass is 10.0. The quantitative estimate of drug-likeness (QED) is 0.422. The fourth-order valence-electron chi connectivity index (χ4n) is 3.69. The minimum Gasteiger partial charge on any atom is -0.369 e. The van der Waals surface area contributed by atoms with E-state index in [0.29, 0.717) is 11.6 Å². The number of carbonyl (C=O) groups is 1.